The van der Waals surface area contributed by atoms with E-state index in [0.29, 0.717) is 5.69 Å². The summed E-state index contributed by atoms with van der Waals surface area (Å²) in [6, 6.07) is 9.22. The fourth-order valence-electron chi connectivity index (χ4n) is 2.52. The number of fused-ring (bicyclic) bond motifs is 1. The summed E-state index contributed by atoms with van der Waals surface area (Å²) in [6.07, 6.45) is 2.86. The van der Waals surface area contributed by atoms with Crippen molar-refractivity contribution in [3.05, 3.63) is 63.1 Å². The lowest BCUT2D eigenvalue weighted by Gasteiger charge is -2.07. The zero-order chi connectivity index (χ0) is 14.1. The minimum absolute atomic E-state index is 0.186. The fourth-order valence-corrected chi connectivity index (χ4v) is 2.52. The molecule has 0 radical (unpaired) electrons. The number of anilines is 1. The maximum Gasteiger partial charge on any atom is 0.261 e. The standard InChI is InChI=1S/C16H16N2O2/c1-10-5-7-12(8-6-10)17-15(19)13-9-11-3-2-4-14(11)18-16(13)20/h5-9H,2-4H2,1H3,(H,17,19)(H,18,20). The first-order valence-corrected chi connectivity index (χ1v) is 6.76. The molecule has 1 amide bonds. The first-order valence-electron chi connectivity index (χ1n) is 6.76. The largest absolute Gasteiger partial charge is 0.325 e. The Balaban J connectivity index is 1.87. The Hall–Kier alpha value is -2.36. The van der Waals surface area contributed by atoms with E-state index in [1.807, 2.05) is 31.2 Å². The van der Waals surface area contributed by atoms with Crippen LogP contribution in [0.15, 0.2) is 35.1 Å². The quantitative estimate of drug-likeness (QED) is 0.878. The molecule has 2 N–H and O–H groups in total. The Morgan fingerprint density at radius 3 is 2.70 bits per heavy atom. The van der Waals surface area contributed by atoms with Gasteiger partial charge < -0.3 is 10.3 Å². The minimum atomic E-state index is -0.357. The average Bonchev–Trinajstić information content (AvgIpc) is 2.87. The number of benzene rings is 1. The minimum Gasteiger partial charge on any atom is -0.325 e. The van der Waals surface area contributed by atoms with Gasteiger partial charge in [0.15, 0.2) is 0 Å². The third-order valence-corrected chi connectivity index (χ3v) is 3.64. The third-order valence-electron chi connectivity index (χ3n) is 3.64. The molecule has 1 aromatic carbocycles. The van der Waals surface area contributed by atoms with Crippen LogP contribution in [0.5, 0.6) is 0 Å². The molecule has 1 aromatic heterocycles. The van der Waals surface area contributed by atoms with Gasteiger partial charge in [0.2, 0.25) is 0 Å². The van der Waals surface area contributed by atoms with E-state index in [1.54, 1.807) is 6.07 Å². The van der Waals surface area contributed by atoms with E-state index in [4.69, 9.17) is 0 Å². The Labute approximate surface area is 116 Å². The van der Waals surface area contributed by atoms with Crippen LogP contribution >= 0.6 is 0 Å². The highest BCUT2D eigenvalue weighted by molar-refractivity contribution is 6.04. The first-order chi connectivity index (χ1) is 9.63. The van der Waals surface area contributed by atoms with Crippen molar-refractivity contribution in [1.29, 1.82) is 0 Å². The van der Waals surface area contributed by atoms with E-state index in [-0.39, 0.29) is 17.0 Å². The van der Waals surface area contributed by atoms with Crippen molar-refractivity contribution in [2.75, 3.05) is 5.32 Å². The molecule has 0 fully saturated rings. The van der Waals surface area contributed by atoms with E-state index in [0.717, 1.165) is 36.1 Å². The van der Waals surface area contributed by atoms with Gasteiger partial charge in [-0.05, 0) is 49.9 Å². The number of pyridine rings is 1. The highest BCUT2D eigenvalue weighted by Gasteiger charge is 2.18. The van der Waals surface area contributed by atoms with Gasteiger partial charge >= 0.3 is 0 Å². The summed E-state index contributed by atoms with van der Waals surface area (Å²) in [5.74, 6) is -0.357. The highest BCUT2D eigenvalue weighted by atomic mass is 16.2. The molecule has 0 saturated carbocycles. The van der Waals surface area contributed by atoms with E-state index < -0.39 is 0 Å². The van der Waals surface area contributed by atoms with Gasteiger partial charge in [-0.1, -0.05) is 17.7 Å². The molecule has 4 heteroatoms. The number of hydrogen-bond acceptors (Lipinski definition) is 2. The van der Waals surface area contributed by atoms with Crippen LogP contribution in [0.3, 0.4) is 0 Å². The fraction of sp³-hybridized carbons (Fsp3) is 0.250. The van der Waals surface area contributed by atoms with Crippen molar-refractivity contribution in [3.8, 4) is 0 Å². The summed E-state index contributed by atoms with van der Waals surface area (Å²) in [7, 11) is 0. The van der Waals surface area contributed by atoms with E-state index >= 15 is 0 Å². The van der Waals surface area contributed by atoms with Crippen molar-refractivity contribution in [2.45, 2.75) is 26.2 Å². The number of carbonyl (C=O) groups is 1. The van der Waals surface area contributed by atoms with Crippen LogP contribution in [0.25, 0.3) is 0 Å². The molecule has 4 nitrogen and oxygen atoms in total. The highest BCUT2D eigenvalue weighted by Crippen LogP contribution is 2.19. The molecular weight excluding hydrogens is 252 g/mol. The van der Waals surface area contributed by atoms with Gasteiger partial charge in [-0.25, -0.2) is 0 Å². The van der Waals surface area contributed by atoms with Crippen molar-refractivity contribution < 1.29 is 4.79 Å². The maximum absolute atomic E-state index is 12.2. The van der Waals surface area contributed by atoms with Crippen LogP contribution in [0.4, 0.5) is 5.69 Å². The Morgan fingerprint density at radius 2 is 1.95 bits per heavy atom. The summed E-state index contributed by atoms with van der Waals surface area (Å²) in [5, 5.41) is 2.76. The smallest absolute Gasteiger partial charge is 0.261 e. The summed E-state index contributed by atoms with van der Waals surface area (Å²) in [6.45, 7) is 1.98. The summed E-state index contributed by atoms with van der Waals surface area (Å²) >= 11 is 0. The summed E-state index contributed by atoms with van der Waals surface area (Å²) < 4.78 is 0. The van der Waals surface area contributed by atoms with Crippen molar-refractivity contribution in [3.63, 3.8) is 0 Å². The monoisotopic (exact) mass is 268 g/mol. The summed E-state index contributed by atoms with van der Waals surface area (Å²) in [4.78, 5) is 27.0. The van der Waals surface area contributed by atoms with E-state index in [9.17, 15) is 9.59 Å². The van der Waals surface area contributed by atoms with Crippen LogP contribution in [0, 0.1) is 6.92 Å². The number of carbonyl (C=O) groups excluding carboxylic acids is 1. The van der Waals surface area contributed by atoms with Gasteiger partial charge in [-0.3, -0.25) is 9.59 Å². The molecule has 0 bridgehead atoms. The molecule has 0 saturated heterocycles. The number of hydrogen-bond donors (Lipinski definition) is 2. The second-order valence-electron chi connectivity index (χ2n) is 5.19. The number of aromatic amines is 1. The predicted molar refractivity (Wildman–Crippen MR) is 78.2 cm³/mol. The average molecular weight is 268 g/mol. The molecule has 1 aliphatic carbocycles. The zero-order valence-corrected chi connectivity index (χ0v) is 11.3. The molecule has 0 atom stereocenters. The van der Waals surface area contributed by atoms with Gasteiger partial charge in [0.25, 0.3) is 11.5 Å². The molecule has 0 unspecified atom stereocenters. The third kappa shape index (κ3) is 2.37. The van der Waals surface area contributed by atoms with Crippen LogP contribution in [0.2, 0.25) is 0 Å². The van der Waals surface area contributed by atoms with Crippen molar-refractivity contribution in [1.82, 2.24) is 4.98 Å². The number of H-pyrrole nitrogens is 1. The predicted octanol–water partition coefficient (Wildman–Crippen LogP) is 2.42. The van der Waals surface area contributed by atoms with Gasteiger partial charge in [-0.2, -0.15) is 0 Å². The van der Waals surface area contributed by atoms with Crippen LogP contribution < -0.4 is 10.9 Å². The molecule has 0 aliphatic heterocycles. The number of nitrogens with one attached hydrogen (secondary N) is 2. The second-order valence-corrected chi connectivity index (χ2v) is 5.19. The second kappa shape index (κ2) is 4.96. The SMILES string of the molecule is Cc1ccc(NC(=O)c2cc3c([nH]c2=O)CCC3)cc1. The van der Waals surface area contributed by atoms with Gasteiger partial charge in [-0.15, -0.1) is 0 Å². The molecule has 3 rings (SSSR count). The van der Waals surface area contributed by atoms with Crippen molar-refractivity contribution >= 4 is 11.6 Å². The van der Waals surface area contributed by atoms with Gasteiger partial charge in [0.1, 0.15) is 5.56 Å². The number of rotatable bonds is 2. The van der Waals surface area contributed by atoms with Gasteiger partial charge in [0, 0.05) is 11.4 Å². The number of amides is 1. The van der Waals surface area contributed by atoms with Gasteiger partial charge in [0.05, 0.1) is 0 Å². The summed E-state index contributed by atoms with van der Waals surface area (Å²) in [5.41, 5.74) is 3.75. The van der Waals surface area contributed by atoms with Crippen molar-refractivity contribution in [2.24, 2.45) is 0 Å². The lowest BCUT2D eigenvalue weighted by Crippen LogP contribution is -2.24. The zero-order valence-electron chi connectivity index (χ0n) is 11.3. The molecule has 1 heterocycles. The van der Waals surface area contributed by atoms with Crippen LogP contribution in [-0.2, 0) is 12.8 Å². The lowest BCUT2D eigenvalue weighted by atomic mass is 10.1. The number of aryl methyl sites for hydroxylation is 3. The Kier molecular flexibility index (Phi) is 3.14. The molecular formula is C16H16N2O2. The molecule has 20 heavy (non-hydrogen) atoms. The lowest BCUT2D eigenvalue weighted by molar-refractivity contribution is 0.102. The Morgan fingerprint density at radius 1 is 1.20 bits per heavy atom. The molecule has 2 aromatic rings. The molecule has 1 aliphatic rings. The topological polar surface area (TPSA) is 62.0 Å². The van der Waals surface area contributed by atoms with Crippen LogP contribution in [-0.4, -0.2) is 10.9 Å². The Bertz CT molecular complexity index is 714. The van der Waals surface area contributed by atoms with E-state index in [1.165, 1.54) is 0 Å². The first kappa shape index (κ1) is 12.7. The maximum atomic E-state index is 12.2. The molecule has 0 spiro atoms. The van der Waals surface area contributed by atoms with E-state index in [2.05, 4.69) is 10.3 Å². The number of aromatic nitrogens is 1. The normalized spacial score (nSPS) is 13.1. The molecule has 102 valence electrons. The van der Waals surface area contributed by atoms with Crippen LogP contribution in [0.1, 0.15) is 33.6 Å².